The molecule has 4 heteroatoms. The highest BCUT2D eigenvalue weighted by Gasteiger charge is 2.35. The van der Waals surface area contributed by atoms with Gasteiger partial charge in [-0.1, -0.05) is 31.5 Å². The smallest absolute Gasteiger partial charge is 0.326 e. The van der Waals surface area contributed by atoms with Gasteiger partial charge < -0.3 is 10.0 Å². The third-order valence-electron chi connectivity index (χ3n) is 3.07. The van der Waals surface area contributed by atoms with Crippen LogP contribution in [0.5, 0.6) is 0 Å². The minimum atomic E-state index is -0.923. The molecule has 1 amide bonds. The number of rotatable bonds is 4. The Hall–Kier alpha value is -1.84. The zero-order valence-corrected chi connectivity index (χ0v) is 9.72. The van der Waals surface area contributed by atoms with Gasteiger partial charge in [-0.2, -0.15) is 0 Å². The summed E-state index contributed by atoms with van der Waals surface area (Å²) >= 11 is 0. The van der Waals surface area contributed by atoms with Crippen molar-refractivity contribution in [3.8, 4) is 0 Å². The third-order valence-corrected chi connectivity index (χ3v) is 3.07. The van der Waals surface area contributed by atoms with E-state index < -0.39 is 12.0 Å². The molecule has 2 rings (SSSR count). The van der Waals surface area contributed by atoms with Crippen LogP contribution in [0, 0.1) is 0 Å². The van der Waals surface area contributed by atoms with Crippen LogP contribution in [-0.4, -0.2) is 27.9 Å². The molecule has 0 aromatic heterocycles. The van der Waals surface area contributed by atoms with Gasteiger partial charge in [0.2, 0.25) is 0 Å². The van der Waals surface area contributed by atoms with Gasteiger partial charge in [0.15, 0.2) is 0 Å². The van der Waals surface area contributed by atoms with E-state index in [0.29, 0.717) is 18.5 Å². The maximum absolute atomic E-state index is 12.1. The topological polar surface area (TPSA) is 57.6 Å². The van der Waals surface area contributed by atoms with Gasteiger partial charge in [0, 0.05) is 12.1 Å². The van der Waals surface area contributed by atoms with E-state index in [2.05, 4.69) is 0 Å². The molecule has 0 radical (unpaired) electrons. The fraction of sp³-hybridized carbons (Fsp3) is 0.385. The number of carboxylic acid groups (broad SMARTS) is 1. The fourth-order valence-electron chi connectivity index (χ4n) is 2.21. The van der Waals surface area contributed by atoms with Crippen molar-refractivity contribution in [1.82, 2.24) is 4.90 Å². The summed E-state index contributed by atoms with van der Waals surface area (Å²) in [5.41, 5.74) is 1.55. The molecular weight excluding hydrogens is 218 g/mol. The van der Waals surface area contributed by atoms with Crippen molar-refractivity contribution in [1.29, 1.82) is 0 Å². The van der Waals surface area contributed by atoms with Gasteiger partial charge in [-0.25, -0.2) is 4.79 Å². The van der Waals surface area contributed by atoms with Crippen molar-refractivity contribution in [3.63, 3.8) is 0 Å². The molecule has 1 aliphatic rings. The molecule has 17 heavy (non-hydrogen) atoms. The average molecular weight is 233 g/mol. The molecule has 0 bridgehead atoms. The normalized spacial score (nSPS) is 15.8. The second-order valence-electron chi connectivity index (χ2n) is 4.23. The Kier molecular flexibility index (Phi) is 3.13. The number of fused-ring (bicyclic) bond motifs is 1. The number of amides is 1. The first-order valence-corrected chi connectivity index (χ1v) is 5.76. The van der Waals surface area contributed by atoms with Gasteiger partial charge in [0.25, 0.3) is 5.91 Å². The van der Waals surface area contributed by atoms with E-state index in [9.17, 15) is 9.59 Å². The quantitative estimate of drug-likeness (QED) is 0.864. The fourth-order valence-corrected chi connectivity index (χ4v) is 2.21. The highest BCUT2D eigenvalue weighted by molar-refractivity contribution is 6.00. The third kappa shape index (κ3) is 2.02. The summed E-state index contributed by atoms with van der Waals surface area (Å²) in [5, 5.41) is 9.17. The Morgan fingerprint density at radius 3 is 2.76 bits per heavy atom. The lowest BCUT2D eigenvalue weighted by Crippen LogP contribution is -2.41. The Morgan fingerprint density at radius 2 is 2.18 bits per heavy atom. The molecular formula is C13H15NO3. The Balaban J connectivity index is 2.26. The second-order valence-corrected chi connectivity index (χ2v) is 4.23. The first-order chi connectivity index (χ1) is 8.15. The molecule has 1 aromatic rings. The number of carboxylic acids is 1. The summed E-state index contributed by atoms with van der Waals surface area (Å²) in [5.74, 6) is -1.09. The summed E-state index contributed by atoms with van der Waals surface area (Å²) in [4.78, 5) is 24.7. The summed E-state index contributed by atoms with van der Waals surface area (Å²) in [6.45, 7) is 2.33. The lowest BCUT2D eigenvalue weighted by Gasteiger charge is -2.23. The van der Waals surface area contributed by atoms with Crippen molar-refractivity contribution < 1.29 is 14.7 Å². The van der Waals surface area contributed by atoms with Crippen molar-refractivity contribution in [3.05, 3.63) is 35.4 Å². The number of carbonyl (C=O) groups excluding carboxylic acids is 1. The molecule has 0 saturated carbocycles. The van der Waals surface area contributed by atoms with Crippen LogP contribution in [0.25, 0.3) is 0 Å². The zero-order chi connectivity index (χ0) is 12.4. The first-order valence-electron chi connectivity index (χ1n) is 5.76. The van der Waals surface area contributed by atoms with Crippen molar-refractivity contribution in [2.24, 2.45) is 0 Å². The lowest BCUT2D eigenvalue weighted by atomic mass is 10.1. The van der Waals surface area contributed by atoms with Crippen LogP contribution in [0.2, 0.25) is 0 Å². The molecule has 1 aliphatic heterocycles. The minimum absolute atomic E-state index is 0.165. The standard InChI is InChI=1S/C13H15NO3/c1-2-5-11(13(16)17)14-8-9-6-3-4-7-10(9)12(14)15/h3-4,6-7,11H,2,5,8H2,1H3,(H,16,17)/t11-/m1/s1. The highest BCUT2D eigenvalue weighted by atomic mass is 16.4. The average Bonchev–Trinajstić information content (AvgIpc) is 2.64. The van der Waals surface area contributed by atoms with Crippen LogP contribution in [0.3, 0.4) is 0 Å². The van der Waals surface area contributed by atoms with Gasteiger partial charge in [-0.05, 0) is 18.1 Å². The summed E-state index contributed by atoms with van der Waals surface area (Å²) in [6.07, 6.45) is 1.24. The maximum Gasteiger partial charge on any atom is 0.326 e. The molecule has 0 aliphatic carbocycles. The van der Waals surface area contributed by atoms with Crippen molar-refractivity contribution in [2.45, 2.75) is 32.4 Å². The summed E-state index contributed by atoms with van der Waals surface area (Å²) in [6, 6.07) is 6.58. The van der Waals surface area contributed by atoms with Crippen molar-refractivity contribution >= 4 is 11.9 Å². The largest absolute Gasteiger partial charge is 0.480 e. The molecule has 1 heterocycles. The Bertz CT molecular complexity index is 456. The zero-order valence-electron chi connectivity index (χ0n) is 9.72. The molecule has 1 aromatic carbocycles. The van der Waals surface area contributed by atoms with E-state index in [1.54, 1.807) is 12.1 Å². The molecule has 1 N–H and O–H groups in total. The number of hydrogen-bond acceptors (Lipinski definition) is 2. The van der Waals surface area contributed by atoms with Gasteiger partial charge in [0.05, 0.1) is 0 Å². The predicted octanol–water partition coefficient (Wildman–Crippen LogP) is 1.90. The second kappa shape index (κ2) is 4.57. The molecule has 0 spiro atoms. The van der Waals surface area contributed by atoms with E-state index in [-0.39, 0.29) is 5.91 Å². The van der Waals surface area contributed by atoms with Crippen LogP contribution < -0.4 is 0 Å². The van der Waals surface area contributed by atoms with Gasteiger partial charge in [0.1, 0.15) is 6.04 Å². The monoisotopic (exact) mass is 233 g/mol. The predicted molar refractivity (Wildman–Crippen MR) is 62.6 cm³/mol. The van der Waals surface area contributed by atoms with E-state index in [4.69, 9.17) is 5.11 Å². The summed E-state index contributed by atoms with van der Waals surface area (Å²) in [7, 11) is 0. The molecule has 0 saturated heterocycles. The number of carbonyl (C=O) groups is 2. The van der Waals surface area contributed by atoms with Crippen LogP contribution in [-0.2, 0) is 11.3 Å². The Morgan fingerprint density at radius 1 is 1.47 bits per heavy atom. The van der Waals surface area contributed by atoms with Crippen LogP contribution in [0.1, 0.15) is 35.7 Å². The lowest BCUT2D eigenvalue weighted by molar-refractivity contribution is -0.142. The molecule has 90 valence electrons. The number of aliphatic carboxylic acids is 1. The van der Waals surface area contributed by atoms with Crippen LogP contribution >= 0.6 is 0 Å². The first kappa shape index (κ1) is 11.6. The number of benzene rings is 1. The number of nitrogens with zero attached hydrogens (tertiary/aromatic N) is 1. The molecule has 4 nitrogen and oxygen atoms in total. The molecule has 1 atom stereocenters. The van der Waals surface area contributed by atoms with E-state index in [0.717, 1.165) is 12.0 Å². The molecule has 0 unspecified atom stereocenters. The summed E-state index contributed by atoms with van der Waals surface area (Å²) < 4.78 is 0. The highest BCUT2D eigenvalue weighted by Crippen LogP contribution is 2.25. The van der Waals surface area contributed by atoms with E-state index in [1.807, 2.05) is 19.1 Å². The Labute approximate surface area is 99.9 Å². The molecule has 0 fully saturated rings. The maximum atomic E-state index is 12.1. The van der Waals surface area contributed by atoms with Crippen LogP contribution in [0.4, 0.5) is 0 Å². The van der Waals surface area contributed by atoms with E-state index >= 15 is 0 Å². The SMILES string of the molecule is CCC[C@H](C(=O)O)N1Cc2ccccc2C1=O. The van der Waals surface area contributed by atoms with E-state index in [1.165, 1.54) is 4.90 Å². The van der Waals surface area contributed by atoms with Gasteiger partial charge in [-0.15, -0.1) is 0 Å². The van der Waals surface area contributed by atoms with Crippen LogP contribution in [0.15, 0.2) is 24.3 Å². The van der Waals surface area contributed by atoms with Crippen molar-refractivity contribution in [2.75, 3.05) is 0 Å². The van der Waals surface area contributed by atoms with Gasteiger partial charge in [-0.3, -0.25) is 4.79 Å². The number of hydrogen-bond donors (Lipinski definition) is 1. The van der Waals surface area contributed by atoms with Gasteiger partial charge >= 0.3 is 5.97 Å². The minimum Gasteiger partial charge on any atom is -0.480 e.